The average molecular weight is 521 g/mol. The van der Waals surface area contributed by atoms with E-state index in [2.05, 4.69) is 15.2 Å². The van der Waals surface area contributed by atoms with Crippen LogP contribution in [-0.4, -0.2) is 46.6 Å². The lowest BCUT2D eigenvalue weighted by Crippen LogP contribution is -2.38. The summed E-state index contributed by atoms with van der Waals surface area (Å²) in [5.74, 6) is 2.88. The van der Waals surface area contributed by atoms with Gasteiger partial charge >= 0.3 is 0 Å². The fourth-order valence-corrected chi connectivity index (χ4v) is 5.15. The van der Waals surface area contributed by atoms with Crippen LogP contribution in [0.3, 0.4) is 0 Å². The molecule has 3 heterocycles. The molecule has 1 N–H and O–H groups in total. The van der Waals surface area contributed by atoms with Crippen molar-refractivity contribution in [3.05, 3.63) is 77.0 Å². The summed E-state index contributed by atoms with van der Waals surface area (Å²) in [6.45, 7) is 1.16. The normalized spacial score (nSPS) is 16.3. The molecule has 8 nitrogen and oxygen atoms in total. The molecular formula is C27H26ClFN6O2. The largest absolute Gasteiger partial charge is 0.494 e. The van der Waals surface area contributed by atoms with Crippen LogP contribution in [0, 0.1) is 0 Å². The SMILES string of the molecule is COc1cc(Nc2nc3c(c(N4CCC4)n2)CC[C@@H]3c2ccc(OCF)cc2)ccc1-n1cnc(Cl)c1. The Hall–Kier alpha value is -3.85. The molecule has 0 saturated carbocycles. The number of aromatic nitrogens is 4. The number of halogens is 2. The standard InChI is InChI=1S/C27H26ClFN6O2/c1-36-23-13-18(5-10-22(23)35-14-24(28)30-16-35)31-27-32-25-20(17-3-6-19(7-4-17)37-15-29)8-9-21(25)26(33-27)34-11-2-12-34/h3-7,10,13-14,16,20H,2,8-9,11-12,15H2,1H3,(H,31,32,33)/t20-/m1/s1. The molecule has 190 valence electrons. The highest BCUT2D eigenvalue weighted by Gasteiger charge is 2.32. The van der Waals surface area contributed by atoms with Crippen molar-refractivity contribution in [1.82, 2.24) is 19.5 Å². The summed E-state index contributed by atoms with van der Waals surface area (Å²) in [5.41, 5.74) is 5.01. The molecular weight excluding hydrogens is 495 g/mol. The molecule has 6 rings (SSSR count). The Balaban J connectivity index is 1.33. The van der Waals surface area contributed by atoms with Crippen LogP contribution >= 0.6 is 11.6 Å². The molecule has 1 aliphatic carbocycles. The van der Waals surface area contributed by atoms with E-state index in [4.69, 9.17) is 31.0 Å². The number of hydrogen-bond donors (Lipinski definition) is 1. The van der Waals surface area contributed by atoms with Crippen LogP contribution in [0.2, 0.25) is 5.15 Å². The number of ether oxygens (including phenoxy) is 2. The Morgan fingerprint density at radius 3 is 2.65 bits per heavy atom. The molecule has 4 aromatic rings. The minimum Gasteiger partial charge on any atom is -0.494 e. The van der Waals surface area contributed by atoms with Crippen molar-refractivity contribution < 1.29 is 13.9 Å². The smallest absolute Gasteiger partial charge is 0.229 e. The van der Waals surface area contributed by atoms with Crippen molar-refractivity contribution in [3.63, 3.8) is 0 Å². The van der Waals surface area contributed by atoms with Crippen molar-refractivity contribution in [1.29, 1.82) is 0 Å². The van der Waals surface area contributed by atoms with Gasteiger partial charge in [0.05, 0.1) is 18.5 Å². The average Bonchev–Trinajstić information content (AvgIpc) is 3.50. The van der Waals surface area contributed by atoms with Gasteiger partial charge in [0.15, 0.2) is 0 Å². The first-order valence-electron chi connectivity index (χ1n) is 12.2. The van der Waals surface area contributed by atoms with Crippen LogP contribution in [0.4, 0.5) is 21.8 Å². The highest BCUT2D eigenvalue weighted by atomic mass is 35.5. The molecule has 0 radical (unpaired) electrons. The van der Waals surface area contributed by atoms with E-state index < -0.39 is 6.86 Å². The second kappa shape index (κ2) is 9.89. The highest BCUT2D eigenvalue weighted by Crippen LogP contribution is 2.42. The number of hydrogen-bond acceptors (Lipinski definition) is 7. The second-order valence-corrected chi connectivity index (χ2v) is 9.49. The van der Waals surface area contributed by atoms with Crippen LogP contribution in [0.15, 0.2) is 55.0 Å². The fraction of sp³-hybridized carbons (Fsp3) is 0.296. The van der Waals surface area contributed by atoms with Gasteiger partial charge in [0.2, 0.25) is 12.8 Å². The maximum absolute atomic E-state index is 12.5. The molecule has 2 aromatic carbocycles. The van der Waals surface area contributed by atoms with Gasteiger partial charge in [-0.1, -0.05) is 23.7 Å². The van der Waals surface area contributed by atoms with Gasteiger partial charge in [-0.3, -0.25) is 0 Å². The topological polar surface area (TPSA) is 77.3 Å². The predicted molar refractivity (Wildman–Crippen MR) is 140 cm³/mol. The number of imidazole rings is 1. The van der Waals surface area contributed by atoms with Gasteiger partial charge in [0, 0.05) is 42.5 Å². The lowest BCUT2D eigenvalue weighted by Gasteiger charge is -2.33. The molecule has 37 heavy (non-hydrogen) atoms. The lowest BCUT2D eigenvalue weighted by atomic mass is 9.96. The maximum Gasteiger partial charge on any atom is 0.229 e. The van der Waals surface area contributed by atoms with Crippen LogP contribution in [0.25, 0.3) is 5.69 Å². The molecule has 0 spiro atoms. The second-order valence-electron chi connectivity index (χ2n) is 9.10. The molecule has 1 atom stereocenters. The molecule has 1 saturated heterocycles. The first-order chi connectivity index (χ1) is 18.1. The van der Waals surface area contributed by atoms with Crippen molar-refractivity contribution in [2.45, 2.75) is 25.2 Å². The number of benzene rings is 2. The first kappa shape index (κ1) is 23.5. The Kier molecular flexibility index (Phi) is 6.30. The summed E-state index contributed by atoms with van der Waals surface area (Å²) in [6, 6.07) is 13.4. The van der Waals surface area contributed by atoms with Crippen molar-refractivity contribution in [3.8, 4) is 17.2 Å². The van der Waals surface area contributed by atoms with E-state index in [1.807, 2.05) is 47.0 Å². The molecule has 1 aliphatic heterocycles. The van der Waals surface area contributed by atoms with Crippen molar-refractivity contribution in [2.75, 3.05) is 37.3 Å². The molecule has 1 fully saturated rings. The quantitative estimate of drug-likeness (QED) is 0.321. The maximum atomic E-state index is 12.5. The summed E-state index contributed by atoms with van der Waals surface area (Å²) in [5, 5.41) is 3.80. The van der Waals surface area contributed by atoms with E-state index in [0.29, 0.717) is 22.6 Å². The molecule has 0 unspecified atom stereocenters. The Morgan fingerprint density at radius 2 is 1.97 bits per heavy atom. The third-order valence-electron chi connectivity index (χ3n) is 6.95. The van der Waals surface area contributed by atoms with E-state index in [1.54, 1.807) is 19.6 Å². The number of nitrogens with one attached hydrogen (secondary N) is 1. The predicted octanol–water partition coefficient (Wildman–Crippen LogP) is 5.66. The lowest BCUT2D eigenvalue weighted by molar-refractivity contribution is 0.191. The summed E-state index contributed by atoms with van der Waals surface area (Å²) in [6.07, 6.45) is 6.41. The third-order valence-corrected chi connectivity index (χ3v) is 7.15. The van der Waals surface area contributed by atoms with Gasteiger partial charge in [-0.2, -0.15) is 4.98 Å². The molecule has 10 heteroatoms. The number of nitrogens with zero attached hydrogens (tertiary/aromatic N) is 5. The van der Waals surface area contributed by atoms with Crippen LogP contribution in [0.1, 0.15) is 35.6 Å². The Bertz CT molecular complexity index is 1420. The highest BCUT2D eigenvalue weighted by molar-refractivity contribution is 6.29. The van der Waals surface area contributed by atoms with Gasteiger partial charge in [0.25, 0.3) is 0 Å². The van der Waals surface area contributed by atoms with Gasteiger partial charge in [-0.25, -0.2) is 14.4 Å². The fourth-order valence-electron chi connectivity index (χ4n) is 5.00. The van der Waals surface area contributed by atoms with Crippen LogP contribution in [-0.2, 0) is 6.42 Å². The van der Waals surface area contributed by atoms with Gasteiger partial charge in [-0.15, -0.1) is 0 Å². The molecule has 2 aromatic heterocycles. The van der Waals surface area contributed by atoms with Gasteiger partial charge < -0.3 is 24.3 Å². The first-order valence-corrected chi connectivity index (χ1v) is 12.6. The van der Waals surface area contributed by atoms with E-state index >= 15 is 0 Å². The van der Waals surface area contributed by atoms with Gasteiger partial charge in [-0.05, 0) is 49.1 Å². The van der Waals surface area contributed by atoms with E-state index in [0.717, 1.165) is 60.8 Å². The summed E-state index contributed by atoms with van der Waals surface area (Å²) in [7, 11) is 1.63. The molecule has 2 aliphatic rings. The monoisotopic (exact) mass is 520 g/mol. The Morgan fingerprint density at radius 1 is 1.14 bits per heavy atom. The van der Waals surface area contributed by atoms with Crippen LogP contribution < -0.4 is 19.7 Å². The summed E-state index contributed by atoms with van der Waals surface area (Å²) in [4.78, 5) is 16.3. The minimum atomic E-state index is -0.838. The minimum absolute atomic E-state index is 0.140. The summed E-state index contributed by atoms with van der Waals surface area (Å²) >= 11 is 6.00. The molecule has 0 amide bonds. The zero-order valence-electron chi connectivity index (χ0n) is 20.3. The van der Waals surface area contributed by atoms with Gasteiger partial charge in [0.1, 0.15) is 28.8 Å². The number of anilines is 3. The number of methoxy groups -OCH3 is 1. The number of rotatable bonds is 8. The number of alkyl halides is 1. The zero-order chi connectivity index (χ0) is 25.4. The van der Waals surface area contributed by atoms with E-state index in [-0.39, 0.29) is 5.92 Å². The number of fused-ring (bicyclic) bond motifs is 1. The van der Waals surface area contributed by atoms with E-state index in [9.17, 15) is 4.39 Å². The van der Waals surface area contributed by atoms with Crippen molar-refractivity contribution in [2.24, 2.45) is 0 Å². The third kappa shape index (κ3) is 4.55. The van der Waals surface area contributed by atoms with Crippen LogP contribution in [0.5, 0.6) is 11.5 Å². The van der Waals surface area contributed by atoms with E-state index in [1.165, 1.54) is 5.56 Å². The Labute approximate surface area is 219 Å². The zero-order valence-corrected chi connectivity index (χ0v) is 21.1. The summed E-state index contributed by atoms with van der Waals surface area (Å²) < 4.78 is 25.0. The van der Waals surface area contributed by atoms with Crippen molar-refractivity contribution >= 4 is 29.1 Å². The molecule has 0 bridgehead atoms.